The minimum absolute atomic E-state index is 0.194. The van der Waals surface area contributed by atoms with Crippen LogP contribution in [0.2, 0.25) is 0 Å². The first-order chi connectivity index (χ1) is 13.6. The number of piperidine rings is 3. The molecule has 0 radical (unpaired) electrons. The summed E-state index contributed by atoms with van der Waals surface area (Å²) in [5.41, 5.74) is 2.47. The number of fused-ring (bicyclic) bond motifs is 3. The lowest BCUT2D eigenvalue weighted by Crippen LogP contribution is -2.67. The van der Waals surface area contributed by atoms with Crippen LogP contribution in [0, 0.1) is 5.92 Å². The molecule has 0 saturated carbocycles. The lowest BCUT2D eigenvalue weighted by molar-refractivity contribution is -0.965. The standard InChI is InChI=1S/C25H34NO2/c1-20(2)26-15-13-23(14-16-26)24(18-26)28-25(17-21-9-5-3-6-10-21)27-19-22-11-7-4-8-12-22/h3-12,20,23-25H,13-19H2,1-2H3/q+1/t23?,24-,25?,26?/m0/s1. The van der Waals surface area contributed by atoms with E-state index in [0.717, 1.165) is 13.0 Å². The Kier molecular flexibility index (Phi) is 6.15. The third-order valence-electron chi connectivity index (χ3n) is 6.91. The number of benzene rings is 2. The molecule has 3 aliphatic heterocycles. The molecule has 3 saturated heterocycles. The molecule has 2 aromatic carbocycles. The van der Waals surface area contributed by atoms with Crippen LogP contribution in [0.3, 0.4) is 0 Å². The summed E-state index contributed by atoms with van der Waals surface area (Å²) in [4.78, 5) is 0. The van der Waals surface area contributed by atoms with E-state index >= 15 is 0 Å². The molecule has 1 unspecified atom stereocenters. The van der Waals surface area contributed by atoms with Crippen molar-refractivity contribution >= 4 is 0 Å². The summed E-state index contributed by atoms with van der Waals surface area (Å²) in [6, 6.07) is 21.7. The summed E-state index contributed by atoms with van der Waals surface area (Å²) in [6.07, 6.45) is 3.51. The molecule has 2 bridgehead atoms. The fraction of sp³-hybridized carbons (Fsp3) is 0.520. The Morgan fingerprint density at radius 1 is 0.893 bits per heavy atom. The molecule has 5 rings (SSSR count). The van der Waals surface area contributed by atoms with Crippen LogP contribution in [0.4, 0.5) is 0 Å². The van der Waals surface area contributed by atoms with Crippen LogP contribution >= 0.6 is 0 Å². The van der Waals surface area contributed by atoms with Crippen LogP contribution in [-0.2, 0) is 22.5 Å². The van der Waals surface area contributed by atoms with Gasteiger partial charge in [-0.1, -0.05) is 60.7 Å². The molecule has 0 N–H and O–H groups in total. The quantitative estimate of drug-likeness (QED) is 0.483. The molecular weight excluding hydrogens is 346 g/mol. The SMILES string of the molecule is CC(C)[N+]12CCC(CC1)[C@@H](OC(Cc1ccccc1)OCc1ccccc1)C2. The summed E-state index contributed by atoms with van der Waals surface area (Å²) >= 11 is 0. The Balaban J connectivity index is 1.45. The predicted molar refractivity (Wildman–Crippen MR) is 113 cm³/mol. The highest BCUT2D eigenvalue weighted by Gasteiger charge is 2.48. The second-order valence-corrected chi connectivity index (χ2v) is 8.87. The molecule has 0 amide bonds. The molecule has 0 aliphatic carbocycles. The third-order valence-corrected chi connectivity index (χ3v) is 6.91. The fourth-order valence-electron chi connectivity index (χ4n) is 4.96. The van der Waals surface area contributed by atoms with Crippen molar-refractivity contribution in [3.63, 3.8) is 0 Å². The van der Waals surface area contributed by atoms with Gasteiger partial charge in [-0.15, -0.1) is 0 Å². The summed E-state index contributed by atoms with van der Waals surface area (Å²) < 4.78 is 14.2. The molecule has 2 aromatic rings. The maximum absolute atomic E-state index is 6.69. The molecular formula is C25H34NO2+. The first-order valence-corrected chi connectivity index (χ1v) is 10.9. The van der Waals surface area contributed by atoms with Gasteiger partial charge in [-0.05, 0) is 25.0 Å². The highest BCUT2D eigenvalue weighted by molar-refractivity contribution is 5.16. The van der Waals surface area contributed by atoms with Gasteiger partial charge in [0.25, 0.3) is 0 Å². The number of hydrogen-bond donors (Lipinski definition) is 0. The van der Waals surface area contributed by atoms with E-state index in [9.17, 15) is 0 Å². The second kappa shape index (κ2) is 8.77. The molecule has 3 aliphatic rings. The van der Waals surface area contributed by atoms with E-state index in [-0.39, 0.29) is 6.29 Å². The third kappa shape index (κ3) is 4.48. The fourth-order valence-corrected chi connectivity index (χ4v) is 4.96. The molecule has 3 heteroatoms. The van der Waals surface area contributed by atoms with Gasteiger partial charge in [-0.3, -0.25) is 0 Å². The Morgan fingerprint density at radius 2 is 1.50 bits per heavy atom. The van der Waals surface area contributed by atoms with Crippen LogP contribution in [0.1, 0.15) is 37.8 Å². The zero-order valence-corrected chi connectivity index (χ0v) is 17.3. The van der Waals surface area contributed by atoms with Crippen molar-refractivity contribution in [3.8, 4) is 0 Å². The Labute approximate surface area is 169 Å². The Morgan fingerprint density at radius 3 is 2.11 bits per heavy atom. The average Bonchev–Trinajstić information content (AvgIpc) is 2.74. The first kappa shape index (κ1) is 19.6. The highest BCUT2D eigenvalue weighted by atomic mass is 16.7. The lowest BCUT2D eigenvalue weighted by Gasteiger charge is -2.55. The van der Waals surface area contributed by atoms with Gasteiger partial charge in [-0.2, -0.15) is 0 Å². The van der Waals surface area contributed by atoms with Crippen molar-refractivity contribution in [1.29, 1.82) is 0 Å². The molecule has 3 heterocycles. The van der Waals surface area contributed by atoms with E-state index in [2.05, 4.69) is 68.4 Å². The summed E-state index contributed by atoms with van der Waals surface area (Å²) in [5, 5.41) is 0. The normalized spacial score (nSPS) is 27.8. The van der Waals surface area contributed by atoms with E-state index in [1.165, 1.54) is 41.5 Å². The van der Waals surface area contributed by atoms with Gasteiger partial charge in [0.05, 0.1) is 25.7 Å². The van der Waals surface area contributed by atoms with Gasteiger partial charge >= 0.3 is 0 Å². The summed E-state index contributed by atoms with van der Waals surface area (Å²) in [6.45, 7) is 9.11. The minimum Gasteiger partial charge on any atom is -0.348 e. The van der Waals surface area contributed by atoms with Crippen molar-refractivity contribution in [1.82, 2.24) is 0 Å². The smallest absolute Gasteiger partial charge is 0.162 e. The molecule has 0 spiro atoms. The van der Waals surface area contributed by atoms with Crippen LogP contribution in [-0.4, -0.2) is 42.6 Å². The van der Waals surface area contributed by atoms with Gasteiger partial charge in [0.1, 0.15) is 12.6 Å². The van der Waals surface area contributed by atoms with Gasteiger partial charge in [0, 0.05) is 25.2 Å². The van der Waals surface area contributed by atoms with Gasteiger partial charge in [-0.25, -0.2) is 0 Å². The molecule has 3 fully saturated rings. The number of hydrogen-bond acceptors (Lipinski definition) is 2. The zero-order valence-electron chi connectivity index (χ0n) is 17.3. The van der Waals surface area contributed by atoms with Gasteiger partial charge < -0.3 is 14.0 Å². The average molecular weight is 381 g/mol. The summed E-state index contributed by atoms with van der Waals surface area (Å²) in [7, 11) is 0. The first-order valence-electron chi connectivity index (χ1n) is 10.9. The summed E-state index contributed by atoms with van der Waals surface area (Å²) in [5.74, 6) is 0.692. The van der Waals surface area contributed by atoms with E-state index < -0.39 is 0 Å². The van der Waals surface area contributed by atoms with Crippen molar-refractivity contribution in [2.24, 2.45) is 5.92 Å². The van der Waals surface area contributed by atoms with Crippen molar-refractivity contribution in [3.05, 3.63) is 71.8 Å². The van der Waals surface area contributed by atoms with E-state index in [0.29, 0.717) is 24.7 Å². The van der Waals surface area contributed by atoms with Crippen LogP contribution in [0.15, 0.2) is 60.7 Å². The van der Waals surface area contributed by atoms with Crippen LogP contribution in [0.25, 0.3) is 0 Å². The molecule has 150 valence electrons. The van der Waals surface area contributed by atoms with Gasteiger partial charge in [0.2, 0.25) is 0 Å². The maximum Gasteiger partial charge on any atom is 0.162 e. The van der Waals surface area contributed by atoms with Crippen LogP contribution in [0.5, 0.6) is 0 Å². The lowest BCUT2D eigenvalue weighted by atomic mass is 9.82. The maximum atomic E-state index is 6.69. The highest BCUT2D eigenvalue weighted by Crippen LogP contribution is 2.38. The molecule has 3 nitrogen and oxygen atoms in total. The minimum atomic E-state index is -0.194. The number of quaternary nitrogens is 1. The molecule has 28 heavy (non-hydrogen) atoms. The largest absolute Gasteiger partial charge is 0.348 e. The van der Waals surface area contributed by atoms with Crippen molar-refractivity contribution in [2.75, 3.05) is 19.6 Å². The molecule has 0 aromatic heterocycles. The topological polar surface area (TPSA) is 18.5 Å². The van der Waals surface area contributed by atoms with Crippen molar-refractivity contribution < 1.29 is 14.0 Å². The number of ether oxygens (including phenoxy) is 2. The predicted octanol–water partition coefficient (Wildman–Crippen LogP) is 4.81. The van der Waals surface area contributed by atoms with Crippen molar-refractivity contribution in [2.45, 2.75) is 58.2 Å². The Hall–Kier alpha value is -1.68. The van der Waals surface area contributed by atoms with E-state index in [1.807, 2.05) is 6.07 Å². The zero-order chi connectivity index (χ0) is 19.4. The number of nitrogens with zero attached hydrogens (tertiary/aromatic N) is 1. The van der Waals surface area contributed by atoms with Gasteiger partial charge in [0.15, 0.2) is 6.29 Å². The monoisotopic (exact) mass is 380 g/mol. The van der Waals surface area contributed by atoms with E-state index in [4.69, 9.17) is 9.47 Å². The molecule has 2 atom stereocenters. The number of rotatable bonds is 8. The van der Waals surface area contributed by atoms with E-state index in [1.54, 1.807) is 0 Å². The van der Waals surface area contributed by atoms with Crippen LogP contribution < -0.4 is 0 Å². The Bertz CT molecular complexity index is 723. The second-order valence-electron chi connectivity index (χ2n) is 8.87.